The molecule has 0 aromatic heterocycles. The first-order valence-corrected chi connectivity index (χ1v) is 6.90. The van der Waals surface area contributed by atoms with Crippen LogP contribution >= 0.6 is 0 Å². The lowest BCUT2D eigenvalue weighted by molar-refractivity contribution is 0.318. The number of ether oxygens (including phenoxy) is 2. The number of rotatable bonds is 5. The maximum Gasteiger partial charge on any atom is 0.161 e. The highest BCUT2D eigenvalue weighted by Gasteiger charge is 2.05. The molecule has 0 aliphatic heterocycles. The molecule has 4 heteroatoms. The van der Waals surface area contributed by atoms with Gasteiger partial charge in [-0.25, -0.2) is 0 Å². The van der Waals surface area contributed by atoms with E-state index in [1.807, 2.05) is 31.2 Å². The zero-order valence-corrected chi connectivity index (χ0v) is 12.5. The van der Waals surface area contributed by atoms with E-state index in [9.17, 15) is 10.4 Å². The van der Waals surface area contributed by atoms with Gasteiger partial charge < -0.3 is 14.6 Å². The van der Waals surface area contributed by atoms with E-state index in [4.69, 9.17) is 9.47 Å². The molecule has 0 aliphatic rings. The third kappa shape index (κ3) is 3.58. The minimum Gasteiger partial charge on any atom is -0.504 e. The number of aromatic hydroxyl groups is 1. The van der Waals surface area contributed by atoms with E-state index in [0.717, 1.165) is 16.9 Å². The number of phenols is 1. The van der Waals surface area contributed by atoms with Crippen LogP contribution in [0, 0.1) is 11.3 Å². The average Bonchev–Trinajstić information content (AvgIpc) is 2.56. The second-order valence-electron chi connectivity index (χ2n) is 4.56. The summed E-state index contributed by atoms with van der Waals surface area (Å²) < 4.78 is 10.5. The molecule has 0 fully saturated rings. The Hall–Kier alpha value is -2.93. The number of phenolic OH excluding ortho intramolecular Hbond substituents is 1. The van der Waals surface area contributed by atoms with Crippen molar-refractivity contribution in [1.29, 1.82) is 5.26 Å². The van der Waals surface area contributed by atoms with Crippen molar-refractivity contribution < 1.29 is 14.6 Å². The van der Waals surface area contributed by atoms with Crippen molar-refractivity contribution in [3.05, 3.63) is 53.6 Å². The van der Waals surface area contributed by atoms with Crippen molar-refractivity contribution in [2.75, 3.05) is 13.7 Å². The fourth-order valence-electron chi connectivity index (χ4n) is 2.01. The molecule has 112 valence electrons. The van der Waals surface area contributed by atoms with Crippen molar-refractivity contribution in [2.24, 2.45) is 0 Å². The number of methoxy groups -OCH3 is 1. The zero-order valence-electron chi connectivity index (χ0n) is 12.5. The third-order valence-electron chi connectivity index (χ3n) is 3.12. The molecule has 0 radical (unpaired) electrons. The quantitative estimate of drug-likeness (QED) is 0.672. The Morgan fingerprint density at radius 2 is 1.95 bits per heavy atom. The van der Waals surface area contributed by atoms with E-state index in [2.05, 4.69) is 6.07 Å². The molecule has 0 atom stereocenters. The van der Waals surface area contributed by atoms with Crippen LogP contribution in [0.15, 0.2) is 42.5 Å². The average molecular weight is 295 g/mol. The molecular formula is C18H17NO3. The van der Waals surface area contributed by atoms with Gasteiger partial charge in [0.25, 0.3) is 0 Å². The summed E-state index contributed by atoms with van der Waals surface area (Å²) in [5.41, 5.74) is 2.11. The van der Waals surface area contributed by atoms with Crippen LogP contribution in [0.1, 0.15) is 18.1 Å². The fraction of sp³-hybridized carbons (Fsp3) is 0.167. The summed E-state index contributed by atoms with van der Waals surface area (Å²) in [7, 11) is 1.60. The largest absolute Gasteiger partial charge is 0.504 e. The Morgan fingerprint density at radius 3 is 2.55 bits per heavy atom. The lowest BCUT2D eigenvalue weighted by Crippen LogP contribution is -1.92. The second kappa shape index (κ2) is 7.19. The van der Waals surface area contributed by atoms with Crippen molar-refractivity contribution >= 4 is 11.6 Å². The third-order valence-corrected chi connectivity index (χ3v) is 3.12. The van der Waals surface area contributed by atoms with E-state index >= 15 is 0 Å². The maximum atomic E-state index is 9.71. The Labute approximate surface area is 129 Å². The smallest absolute Gasteiger partial charge is 0.161 e. The van der Waals surface area contributed by atoms with Gasteiger partial charge in [0.1, 0.15) is 5.75 Å². The predicted octanol–water partition coefficient (Wildman–Crippen LogP) is 3.86. The monoisotopic (exact) mass is 295 g/mol. The van der Waals surface area contributed by atoms with Crippen molar-refractivity contribution in [3.63, 3.8) is 0 Å². The summed E-state index contributed by atoms with van der Waals surface area (Å²) in [6.45, 7) is 2.31. The van der Waals surface area contributed by atoms with Crippen LogP contribution in [0.25, 0.3) is 11.6 Å². The van der Waals surface area contributed by atoms with Crippen LogP contribution in [-0.4, -0.2) is 18.8 Å². The molecule has 0 saturated carbocycles. The standard InChI is InChI=1S/C18H17NO3/c1-3-22-18-11-13(4-9-17(18)20)10-15(12-19)14-5-7-16(21-2)8-6-14/h4-11,20H,3H2,1-2H3/b15-10+. The van der Waals surface area contributed by atoms with Gasteiger partial charge in [0.2, 0.25) is 0 Å². The van der Waals surface area contributed by atoms with Gasteiger partial charge in [-0.1, -0.05) is 6.07 Å². The van der Waals surface area contributed by atoms with E-state index in [0.29, 0.717) is 17.9 Å². The summed E-state index contributed by atoms with van der Waals surface area (Å²) in [4.78, 5) is 0. The van der Waals surface area contributed by atoms with Gasteiger partial charge in [0.15, 0.2) is 11.5 Å². The molecule has 2 rings (SSSR count). The van der Waals surface area contributed by atoms with Crippen LogP contribution in [-0.2, 0) is 0 Å². The summed E-state index contributed by atoms with van der Waals surface area (Å²) in [5, 5.41) is 19.1. The molecule has 4 nitrogen and oxygen atoms in total. The van der Waals surface area contributed by atoms with Crippen LogP contribution < -0.4 is 9.47 Å². The highest BCUT2D eigenvalue weighted by atomic mass is 16.5. The van der Waals surface area contributed by atoms with Gasteiger partial charge in [-0.3, -0.25) is 0 Å². The van der Waals surface area contributed by atoms with Crippen LogP contribution in [0.2, 0.25) is 0 Å². The number of hydrogen-bond acceptors (Lipinski definition) is 4. The van der Waals surface area contributed by atoms with Gasteiger partial charge in [-0.15, -0.1) is 0 Å². The maximum absolute atomic E-state index is 9.71. The topological polar surface area (TPSA) is 62.5 Å². The number of benzene rings is 2. The molecule has 1 N–H and O–H groups in total. The van der Waals surface area contributed by atoms with E-state index < -0.39 is 0 Å². The molecule has 0 saturated heterocycles. The van der Waals surface area contributed by atoms with Gasteiger partial charge in [0, 0.05) is 0 Å². The van der Waals surface area contributed by atoms with Crippen LogP contribution in [0.3, 0.4) is 0 Å². The molecule has 0 spiro atoms. The summed E-state index contributed by atoms with van der Waals surface area (Å²) in [6, 6.07) is 14.5. The second-order valence-corrected chi connectivity index (χ2v) is 4.56. The highest BCUT2D eigenvalue weighted by Crippen LogP contribution is 2.29. The first-order valence-electron chi connectivity index (χ1n) is 6.90. The molecule has 2 aromatic carbocycles. The number of hydrogen-bond donors (Lipinski definition) is 1. The van der Waals surface area contributed by atoms with E-state index in [-0.39, 0.29) is 5.75 Å². The van der Waals surface area contributed by atoms with Crippen molar-refractivity contribution in [2.45, 2.75) is 6.92 Å². The number of nitrogens with zero attached hydrogens (tertiary/aromatic N) is 1. The lowest BCUT2D eigenvalue weighted by Gasteiger charge is -2.07. The normalized spacial score (nSPS) is 10.9. The SMILES string of the molecule is CCOc1cc(/C=C(\C#N)c2ccc(OC)cc2)ccc1O. The molecule has 0 heterocycles. The van der Waals surface area contributed by atoms with Crippen molar-refractivity contribution in [3.8, 4) is 23.3 Å². The van der Waals surface area contributed by atoms with Gasteiger partial charge in [0.05, 0.1) is 25.4 Å². The molecule has 0 aliphatic carbocycles. The van der Waals surface area contributed by atoms with E-state index in [1.54, 1.807) is 31.4 Å². The van der Waals surface area contributed by atoms with Crippen LogP contribution in [0.4, 0.5) is 0 Å². The fourth-order valence-corrected chi connectivity index (χ4v) is 2.01. The molecule has 0 unspecified atom stereocenters. The van der Waals surface area contributed by atoms with Gasteiger partial charge in [-0.2, -0.15) is 5.26 Å². The van der Waals surface area contributed by atoms with E-state index in [1.165, 1.54) is 0 Å². The zero-order chi connectivity index (χ0) is 15.9. The minimum atomic E-state index is 0.0851. The Kier molecular flexibility index (Phi) is 5.05. The summed E-state index contributed by atoms with van der Waals surface area (Å²) in [6.07, 6.45) is 1.75. The molecular weight excluding hydrogens is 278 g/mol. The van der Waals surface area contributed by atoms with Gasteiger partial charge in [-0.05, 0) is 60.5 Å². The number of allylic oxidation sites excluding steroid dienone is 1. The summed E-state index contributed by atoms with van der Waals surface area (Å²) in [5.74, 6) is 1.23. The molecule has 0 bridgehead atoms. The summed E-state index contributed by atoms with van der Waals surface area (Å²) >= 11 is 0. The Bertz CT molecular complexity index is 712. The van der Waals surface area contributed by atoms with Crippen molar-refractivity contribution in [1.82, 2.24) is 0 Å². The minimum absolute atomic E-state index is 0.0851. The first-order chi connectivity index (χ1) is 10.7. The number of nitriles is 1. The lowest BCUT2D eigenvalue weighted by atomic mass is 10.0. The predicted molar refractivity (Wildman–Crippen MR) is 85.8 cm³/mol. The van der Waals surface area contributed by atoms with Crippen LogP contribution in [0.5, 0.6) is 17.2 Å². The molecule has 0 amide bonds. The molecule has 22 heavy (non-hydrogen) atoms. The highest BCUT2D eigenvalue weighted by molar-refractivity contribution is 5.89. The van der Waals surface area contributed by atoms with Gasteiger partial charge >= 0.3 is 0 Å². The Morgan fingerprint density at radius 1 is 1.23 bits per heavy atom. The Balaban J connectivity index is 2.36. The molecule has 2 aromatic rings. The first kappa shape index (κ1) is 15.5.